The Kier molecular flexibility index (Phi) is 4.60. The Bertz CT molecular complexity index is 533. The summed E-state index contributed by atoms with van der Waals surface area (Å²) in [4.78, 5) is 2.73. The van der Waals surface area contributed by atoms with Crippen molar-refractivity contribution in [2.45, 2.75) is 26.8 Å². The Hall–Kier alpha value is -0.640. The van der Waals surface area contributed by atoms with Gasteiger partial charge in [-0.05, 0) is 55.8 Å². The predicted molar refractivity (Wildman–Crippen MR) is 84.3 cm³/mol. The van der Waals surface area contributed by atoms with Crippen molar-refractivity contribution < 1.29 is 0 Å². The summed E-state index contributed by atoms with van der Waals surface area (Å²) in [6.45, 7) is 7.49. The molecule has 18 heavy (non-hydrogen) atoms. The molecule has 96 valence electrons. The van der Waals surface area contributed by atoms with Crippen LogP contribution in [0.15, 0.2) is 34.8 Å². The summed E-state index contributed by atoms with van der Waals surface area (Å²) in [6, 6.07) is 11.4. The summed E-state index contributed by atoms with van der Waals surface area (Å²) in [7, 11) is 0. The molecule has 1 heterocycles. The Labute approximate surface area is 121 Å². The second kappa shape index (κ2) is 6.00. The van der Waals surface area contributed by atoms with Crippen LogP contribution in [0.5, 0.6) is 0 Å². The van der Waals surface area contributed by atoms with Crippen molar-refractivity contribution in [2.24, 2.45) is 0 Å². The molecule has 0 aliphatic carbocycles. The Morgan fingerprint density at radius 2 is 2.06 bits per heavy atom. The maximum Gasteiger partial charge on any atom is 0.0386 e. The third-order valence-corrected chi connectivity index (χ3v) is 5.21. The van der Waals surface area contributed by atoms with Gasteiger partial charge in [-0.25, -0.2) is 0 Å². The number of benzene rings is 1. The van der Waals surface area contributed by atoms with E-state index in [9.17, 15) is 0 Å². The van der Waals surface area contributed by atoms with Gasteiger partial charge in [-0.1, -0.05) is 28.9 Å². The monoisotopic (exact) mass is 323 g/mol. The van der Waals surface area contributed by atoms with Crippen LogP contribution in [0.4, 0.5) is 0 Å². The minimum absolute atomic E-state index is 0.435. The van der Waals surface area contributed by atoms with Crippen molar-refractivity contribution in [3.05, 3.63) is 45.2 Å². The molecule has 1 N–H and O–H groups in total. The fourth-order valence-electron chi connectivity index (χ4n) is 1.95. The second-order valence-corrected chi connectivity index (χ2v) is 6.42. The van der Waals surface area contributed by atoms with Gasteiger partial charge in [-0.15, -0.1) is 11.3 Å². The van der Waals surface area contributed by atoms with Gasteiger partial charge in [0.05, 0.1) is 0 Å². The van der Waals surface area contributed by atoms with E-state index in [1.165, 1.54) is 25.4 Å². The molecule has 0 saturated heterocycles. The molecule has 0 aliphatic heterocycles. The fourth-order valence-corrected chi connectivity index (χ4v) is 3.22. The smallest absolute Gasteiger partial charge is 0.0386 e. The van der Waals surface area contributed by atoms with E-state index in [1.54, 1.807) is 0 Å². The average Bonchev–Trinajstić information content (AvgIpc) is 2.82. The summed E-state index contributed by atoms with van der Waals surface area (Å²) in [5.74, 6) is 0. The normalized spacial score (nSPS) is 12.7. The maximum atomic E-state index is 3.54. The zero-order chi connectivity index (χ0) is 13.1. The minimum Gasteiger partial charge on any atom is -0.310 e. The highest BCUT2D eigenvalue weighted by molar-refractivity contribution is 9.10. The topological polar surface area (TPSA) is 12.0 Å². The van der Waals surface area contributed by atoms with Crippen LogP contribution in [0.25, 0.3) is 10.4 Å². The molecule has 0 bridgehead atoms. The lowest BCUT2D eigenvalue weighted by molar-refractivity contribution is 0.607. The molecule has 1 aromatic heterocycles. The van der Waals surface area contributed by atoms with Crippen LogP contribution in [0, 0.1) is 6.92 Å². The molecule has 2 aromatic rings. The zero-order valence-corrected chi connectivity index (χ0v) is 13.4. The lowest BCUT2D eigenvalue weighted by atomic mass is 10.1. The van der Waals surface area contributed by atoms with Gasteiger partial charge in [0, 0.05) is 20.3 Å². The first-order valence-corrected chi connectivity index (χ1v) is 7.82. The molecule has 1 nitrogen and oxygen atoms in total. The van der Waals surface area contributed by atoms with Crippen molar-refractivity contribution in [1.82, 2.24) is 5.32 Å². The largest absolute Gasteiger partial charge is 0.310 e. The number of rotatable bonds is 4. The average molecular weight is 324 g/mol. The van der Waals surface area contributed by atoms with Gasteiger partial charge in [0.2, 0.25) is 0 Å². The SMILES string of the molecule is CCNC(C)c1ccc(-c2ccc(Br)c(C)c2)s1. The van der Waals surface area contributed by atoms with E-state index >= 15 is 0 Å². The van der Waals surface area contributed by atoms with Crippen LogP contribution in [-0.2, 0) is 0 Å². The van der Waals surface area contributed by atoms with Gasteiger partial charge in [0.1, 0.15) is 0 Å². The van der Waals surface area contributed by atoms with E-state index in [-0.39, 0.29) is 0 Å². The highest BCUT2D eigenvalue weighted by Gasteiger charge is 2.09. The first kappa shape index (κ1) is 13.8. The minimum atomic E-state index is 0.435. The van der Waals surface area contributed by atoms with Crippen molar-refractivity contribution in [3.8, 4) is 10.4 Å². The molecule has 3 heteroatoms. The Morgan fingerprint density at radius 1 is 1.28 bits per heavy atom. The highest BCUT2D eigenvalue weighted by atomic mass is 79.9. The molecular formula is C15H18BrNS. The molecule has 0 radical (unpaired) electrons. The molecular weight excluding hydrogens is 306 g/mol. The molecule has 0 amide bonds. The molecule has 1 atom stereocenters. The van der Waals surface area contributed by atoms with E-state index in [0.29, 0.717) is 6.04 Å². The Balaban J connectivity index is 2.26. The van der Waals surface area contributed by atoms with Crippen molar-refractivity contribution in [3.63, 3.8) is 0 Å². The van der Waals surface area contributed by atoms with Crippen LogP contribution < -0.4 is 5.32 Å². The van der Waals surface area contributed by atoms with Gasteiger partial charge >= 0.3 is 0 Å². The van der Waals surface area contributed by atoms with Gasteiger partial charge < -0.3 is 5.32 Å². The molecule has 0 spiro atoms. The van der Waals surface area contributed by atoms with E-state index in [2.05, 4.69) is 72.3 Å². The van der Waals surface area contributed by atoms with E-state index in [4.69, 9.17) is 0 Å². The summed E-state index contributed by atoms with van der Waals surface area (Å²) in [5, 5.41) is 3.45. The lowest BCUT2D eigenvalue weighted by Crippen LogP contribution is -2.16. The van der Waals surface area contributed by atoms with Crippen molar-refractivity contribution in [2.75, 3.05) is 6.54 Å². The lowest BCUT2D eigenvalue weighted by Gasteiger charge is -2.09. The van der Waals surface area contributed by atoms with Gasteiger partial charge in [-0.2, -0.15) is 0 Å². The molecule has 1 unspecified atom stereocenters. The van der Waals surface area contributed by atoms with E-state index in [1.807, 2.05) is 11.3 Å². The summed E-state index contributed by atoms with van der Waals surface area (Å²) in [6.07, 6.45) is 0. The van der Waals surface area contributed by atoms with Crippen LogP contribution in [0.3, 0.4) is 0 Å². The van der Waals surface area contributed by atoms with Crippen LogP contribution >= 0.6 is 27.3 Å². The van der Waals surface area contributed by atoms with Crippen molar-refractivity contribution in [1.29, 1.82) is 0 Å². The summed E-state index contributed by atoms with van der Waals surface area (Å²) >= 11 is 5.42. The predicted octanol–water partition coefficient (Wildman–Crippen LogP) is 5.16. The fraction of sp³-hybridized carbons (Fsp3) is 0.333. The summed E-state index contributed by atoms with van der Waals surface area (Å²) < 4.78 is 1.17. The summed E-state index contributed by atoms with van der Waals surface area (Å²) in [5.41, 5.74) is 2.58. The van der Waals surface area contributed by atoms with Crippen LogP contribution in [0.1, 0.15) is 30.3 Å². The van der Waals surface area contributed by atoms with Gasteiger partial charge in [-0.3, -0.25) is 0 Å². The molecule has 2 rings (SSSR count). The molecule has 0 saturated carbocycles. The standard InChI is InChI=1S/C15H18BrNS/c1-4-17-11(3)14-7-8-15(18-14)12-5-6-13(16)10(2)9-12/h5-9,11,17H,4H2,1-3H3. The third kappa shape index (κ3) is 3.02. The third-order valence-electron chi connectivity index (χ3n) is 3.01. The number of thiophene rings is 1. The number of hydrogen-bond acceptors (Lipinski definition) is 2. The quantitative estimate of drug-likeness (QED) is 0.819. The molecule has 1 aromatic carbocycles. The zero-order valence-electron chi connectivity index (χ0n) is 11.0. The molecule has 0 fully saturated rings. The van der Waals surface area contributed by atoms with Crippen molar-refractivity contribution >= 4 is 27.3 Å². The maximum absolute atomic E-state index is 3.54. The first-order chi connectivity index (χ1) is 8.61. The first-order valence-electron chi connectivity index (χ1n) is 6.21. The second-order valence-electron chi connectivity index (χ2n) is 4.45. The van der Waals surface area contributed by atoms with E-state index < -0.39 is 0 Å². The number of nitrogens with one attached hydrogen (secondary N) is 1. The van der Waals surface area contributed by atoms with E-state index in [0.717, 1.165) is 6.54 Å². The van der Waals surface area contributed by atoms with Crippen LogP contribution in [0.2, 0.25) is 0 Å². The molecule has 0 aliphatic rings. The van der Waals surface area contributed by atoms with Crippen LogP contribution in [-0.4, -0.2) is 6.54 Å². The Morgan fingerprint density at radius 3 is 2.72 bits per heavy atom. The van der Waals surface area contributed by atoms with Gasteiger partial charge in [0.15, 0.2) is 0 Å². The van der Waals surface area contributed by atoms with Gasteiger partial charge in [0.25, 0.3) is 0 Å². The number of hydrogen-bond donors (Lipinski definition) is 1. The number of aryl methyl sites for hydroxylation is 1. The number of halogens is 1. The highest BCUT2D eigenvalue weighted by Crippen LogP contribution is 2.33.